The fourth-order valence-electron chi connectivity index (χ4n) is 1.90. The summed E-state index contributed by atoms with van der Waals surface area (Å²) in [7, 11) is 0. The highest BCUT2D eigenvalue weighted by Gasteiger charge is 2.23. The number of carbonyl (C=O) groups is 1. The Bertz CT molecular complexity index is 408. The number of pyridine rings is 1. The van der Waals surface area contributed by atoms with Gasteiger partial charge in [0, 0.05) is 24.4 Å². The number of piperidine rings is 1. The molecule has 1 aromatic heterocycles. The van der Waals surface area contributed by atoms with Gasteiger partial charge >= 0.3 is 0 Å². The number of nitrogens with one attached hydrogen (secondary N) is 1. The van der Waals surface area contributed by atoms with Crippen LogP contribution in [0.5, 0.6) is 5.88 Å². The van der Waals surface area contributed by atoms with Gasteiger partial charge in [0.05, 0.1) is 0 Å². The van der Waals surface area contributed by atoms with E-state index < -0.39 is 5.91 Å². The summed E-state index contributed by atoms with van der Waals surface area (Å²) in [4.78, 5) is 15.1. The number of rotatable bonds is 3. The number of ether oxygens (including phenoxy) is 1. The number of nitrogens with two attached hydrogens (primary N) is 1. The molecule has 2 rings (SSSR count). The first-order valence-corrected chi connectivity index (χ1v) is 5.80. The lowest BCUT2D eigenvalue weighted by Gasteiger charge is -2.29. The number of aromatic nitrogens is 1. The maximum absolute atomic E-state index is 11.0. The van der Waals surface area contributed by atoms with E-state index in [-0.39, 0.29) is 6.10 Å². The fourth-order valence-corrected chi connectivity index (χ4v) is 1.90. The third-order valence-electron chi connectivity index (χ3n) is 3.05. The summed E-state index contributed by atoms with van der Waals surface area (Å²) in [5.41, 5.74) is 5.63. The van der Waals surface area contributed by atoms with Crippen LogP contribution in [0.2, 0.25) is 0 Å². The van der Waals surface area contributed by atoms with Gasteiger partial charge in [0.1, 0.15) is 6.10 Å². The maximum atomic E-state index is 11.0. The molecule has 0 radical (unpaired) electrons. The van der Waals surface area contributed by atoms with E-state index in [4.69, 9.17) is 10.5 Å². The monoisotopic (exact) mass is 235 g/mol. The van der Waals surface area contributed by atoms with Crippen LogP contribution >= 0.6 is 0 Å². The highest BCUT2D eigenvalue weighted by Crippen LogP contribution is 2.18. The molecule has 1 saturated heterocycles. The van der Waals surface area contributed by atoms with Crippen LogP contribution in [0.1, 0.15) is 23.7 Å². The van der Waals surface area contributed by atoms with Crippen molar-refractivity contribution in [2.24, 2.45) is 11.7 Å². The third-order valence-corrected chi connectivity index (χ3v) is 3.05. The molecule has 1 aliphatic rings. The summed E-state index contributed by atoms with van der Waals surface area (Å²) in [6.45, 7) is 3.99. The molecule has 2 heterocycles. The molecule has 1 fully saturated rings. The molecule has 92 valence electrons. The number of hydrogen-bond acceptors (Lipinski definition) is 4. The molecule has 17 heavy (non-hydrogen) atoms. The zero-order chi connectivity index (χ0) is 12.3. The molecule has 3 N–H and O–H groups in total. The van der Waals surface area contributed by atoms with Crippen molar-refractivity contribution >= 4 is 5.91 Å². The van der Waals surface area contributed by atoms with Gasteiger partial charge in [-0.15, -0.1) is 0 Å². The van der Waals surface area contributed by atoms with Crippen molar-refractivity contribution in [2.75, 3.05) is 13.1 Å². The third kappa shape index (κ3) is 2.94. The number of nitrogens with zero attached hydrogens (tertiary/aromatic N) is 1. The van der Waals surface area contributed by atoms with E-state index in [9.17, 15) is 4.79 Å². The lowest BCUT2D eigenvalue weighted by molar-refractivity contribution is 0.0992. The van der Waals surface area contributed by atoms with Gasteiger partial charge in [-0.3, -0.25) is 4.79 Å². The van der Waals surface area contributed by atoms with Crippen molar-refractivity contribution in [3.05, 3.63) is 23.9 Å². The Morgan fingerprint density at radius 2 is 2.47 bits per heavy atom. The molecular formula is C12H17N3O2. The maximum Gasteiger partial charge on any atom is 0.248 e. The molecule has 0 bridgehead atoms. The summed E-state index contributed by atoms with van der Waals surface area (Å²) in [6.07, 6.45) is 2.72. The molecular weight excluding hydrogens is 218 g/mol. The molecule has 5 heteroatoms. The Morgan fingerprint density at radius 1 is 1.65 bits per heavy atom. The van der Waals surface area contributed by atoms with Crippen LogP contribution in [-0.2, 0) is 0 Å². The van der Waals surface area contributed by atoms with Gasteiger partial charge in [0.2, 0.25) is 11.8 Å². The van der Waals surface area contributed by atoms with Crippen molar-refractivity contribution in [2.45, 2.75) is 19.4 Å². The minimum atomic E-state index is -0.466. The molecule has 0 saturated carbocycles. The minimum Gasteiger partial charge on any atom is -0.473 e. The van der Waals surface area contributed by atoms with Gasteiger partial charge in [-0.2, -0.15) is 0 Å². The second-order valence-electron chi connectivity index (χ2n) is 4.37. The van der Waals surface area contributed by atoms with Crippen LogP contribution < -0.4 is 15.8 Å². The van der Waals surface area contributed by atoms with Crippen molar-refractivity contribution in [3.63, 3.8) is 0 Å². The Hall–Kier alpha value is -1.62. The Labute approximate surface area is 100 Å². The zero-order valence-corrected chi connectivity index (χ0v) is 9.85. The summed E-state index contributed by atoms with van der Waals surface area (Å²) in [6, 6.07) is 3.17. The van der Waals surface area contributed by atoms with E-state index in [1.165, 1.54) is 6.20 Å². The summed E-state index contributed by atoms with van der Waals surface area (Å²) in [5, 5.41) is 3.28. The Kier molecular flexibility index (Phi) is 3.58. The molecule has 1 amide bonds. The standard InChI is InChI=1S/C12H17N3O2/c1-8-2-4-14-7-10(8)17-11-6-9(12(13)16)3-5-15-11/h3,5-6,8,10,14H,2,4,7H2,1H3,(H2,13,16). The number of hydrogen-bond donors (Lipinski definition) is 2. The molecule has 5 nitrogen and oxygen atoms in total. The van der Waals surface area contributed by atoms with E-state index >= 15 is 0 Å². The van der Waals surface area contributed by atoms with E-state index in [2.05, 4.69) is 17.2 Å². The largest absolute Gasteiger partial charge is 0.473 e. The second kappa shape index (κ2) is 5.14. The first kappa shape index (κ1) is 11.9. The summed E-state index contributed by atoms with van der Waals surface area (Å²) in [5.74, 6) is 0.476. The van der Waals surface area contributed by atoms with Crippen molar-refractivity contribution < 1.29 is 9.53 Å². The van der Waals surface area contributed by atoms with Crippen LogP contribution in [0.15, 0.2) is 18.3 Å². The van der Waals surface area contributed by atoms with Crippen molar-refractivity contribution in [1.29, 1.82) is 0 Å². The number of carbonyl (C=O) groups excluding carboxylic acids is 1. The first-order chi connectivity index (χ1) is 8.16. The van der Waals surface area contributed by atoms with E-state index in [0.717, 1.165) is 19.5 Å². The average molecular weight is 235 g/mol. The van der Waals surface area contributed by atoms with Gasteiger partial charge in [-0.1, -0.05) is 6.92 Å². The van der Waals surface area contributed by atoms with E-state index in [1.807, 2.05) is 0 Å². The number of primary amides is 1. The van der Waals surface area contributed by atoms with Gasteiger partial charge in [0.15, 0.2) is 0 Å². The molecule has 0 spiro atoms. The van der Waals surface area contributed by atoms with Crippen LogP contribution in [0.3, 0.4) is 0 Å². The topological polar surface area (TPSA) is 77.2 Å². The number of amides is 1. The lowest BCUT2D eigenvalue weighted by Crippen LogP contribution is -2.43. The van der Waals surface area contributed by atoms with Crippen LogP contribution in [0, 0.1) is 5.92 Å². The molecule has 1 aromatic rings. The highest BCUT2D eigenvalue weighted by atomic mass is 16.5. The van der Waals surface area contributed by atoms with Crippen LogP contribution in [0.4, 0.5) is 0 Å². The summed E-state index contributed by atoms with van der Waals surface area (Å²) < 4.78 is 5.78. The quantitative estimate of drug-likeness (QED) is 0.802. The lowest BCUT2D eigenvalue weighted by atomic mass is 9.97. The minimum absolute atomic E-state index is 0.0966. The summed E-state index contributed by atoms with van der Waals surface area (Å²) >= 11 is 0. The first-order valence-electron chi connectivity index (χ1n) is 5.80. The van der Waals surface area contributed by atoms with Crippen molar-refractivity contribution in [3.8, 4) is 5.88 Å². The van der Waals surface area contributed by atoms with Gasteiger partial charge in [-0.05, 0) is 24.9 Å². The Morgan fingerprint density at radius 3 is 3.18 bits per heavy atom. The Balaban J connectivity index is 2.07. The molecule has 0 aliphatic carbocycles. The molecule has 2 atom stereocenters. The molecule has 2 unspecified atom stereocenters. The SMILES string of the molecule is CC1CCNCC1Oc1cc(C(N)=O)ccn1. The normalized spacial score (nSPS) is 24.3. The molecule has 0 aromatic carbocycles. The van der Waals surface area contributed by atoms with Gasteiger partial charge in [0.25, 0.3) is 0 Å². The zero-order valence-electron chi connectivity index (χ0n) is 9.85. The highest BCUT2D eigenvalue weighted by molar-refractivity contribution is 5.92. The van der Waals surface area contributed by atoms with E-state index in [0.29, 0.717) is 17.4 Å². The smallest absolute Gasteiger partial charge is 0.248 e. The predicted molar refractivity (Wildman–Crippen MR) is 63.8 cm³/mol. The van der Waals surface area contributed by atoms with E-state index in [1.54, 1.807) is 12.1 Å². The van der Waals surface area contributed by atoms with Gasteiger partial charge in [-0.25, -0.2) is 4.98 Å². The second-order valence-corrected chi connectivity index (χ2v) is 4.37. The predicted octanol–water partition coefficient (Wildman–Crippen LogP) is 0.557. The average Bonchev–Trinajstić information content (AvgIpc) is 2.32. The van der Waals surface area contributed by atoms with Crippen molar-refractivity contribution in [1.82, 2.24) is 10.3 Å². The molecule has 1 aliphatic heterocycles. The van der Waals surface area contributed by atoms with Crippen LogP contribution in [0.25, 0.3) is 0 Å². The van der Waals surface area contributed by atoms with Gasteiger partial charge < -0.3 is 15.8 Å². The van der Waals surface area contributed by atoms with Crippen LogP contribution in [-0.4, -0.2) is 30.1 Å². The fraction of sp³-hybridized carbons (Fsp3) is 0.500.